The Morgan fingerprint density at radius 1 is 1.21 bits per heavy atom. The Morgan fingerprint density at radius 3 is 2.21 bits per heavy atom. The number of amides is 1. The SMILES string of the molecule is CC(Oc1c(B2OC(C)(C)C(C)(C)O2)cnn1C)[C@@H](C)N(C)C(=O)OC(C)(C)C. The Morgan fingerprint density at radius 2 is 1.72 bits per heavy atom. The fraction of sp³-hybridized carbons (Fsp3) is 0.800. The predicted molar refractivity (Wildman–Crippen MR) is 112 cm³/mol. The topological polar surface area (TPSA) is 75.0 Å². The Balaban J connectivity index is 2.15. The van der Waals surface area contributed by atoms with Crippen LogP contribution in [-0.4, -0.2) is 63.9 Å². The van der Waals surface area contributed by atoms with Crippen LogP contribution < -0.4 is 10.2 Å². The van der Waals surface area contributed by atoms with Crippen molar-refractivity contribution in [1.29, 1.82) is 0 Å². The fourth-order valence-corrected chi connectivity index (χ4v) is 2.81. The quantitative estimate of drug-likeness (QED) is 0.697. The third-order valence-corrected chi connectivity index (χ3v) is 5.69. The molecule has 0 spiro atoms. The largest absolute Gasteiger partial charge is 0.502 e. The van der Waals surface area contributed by atoms with E-state index in [4.69, 9.17) is 18.8 Å². The van der Waals surface area contributed by atoms with E-state index in [0.29, 0.717) is 5.88 Å². The van der Waals surface area contributed by atoms with Gasteiger partial charge < -0.3 is 23.7 Å². The van der Waals surface area contributed by atoms with Crippen molar-refractivity contribution in [3.05, 3.63) is 6.20 Å². The van der Waals surface area contributed by atoms with Gasteiger partial charge in [0.15, 0.2) is 0 Å². The average molecular weight is 409 g/mol. The minimum Gasteiger partial charge on any atom is -0.473 e. The van der Waals surface area contributed by atoms with E-state index >= 15 is 0 Å². The van der Waals surface area contributed by atoms with E-state index < -0.39 is 30.0 Å². The highest BCUT2D eigenvalue weighted by Gasteiger charge is 2.53. The summed E-state index contributed by atoms with van der Waals surface area (Å²) in [5, 5.41) is 4.32. The first kappa shape index (κ1) is 23.5. The summed E-state index contributed by atoms with van der Waals surface area (Å²) in [5.41, 5.74) is -0.743. The third kappa shape index (κ3) is 5.06. The van der Waals surface area contributed by atoms with Gasteiger partial charge in [-0.2, -0.15) is 5.10 Å². The number of carbonyl (C=O) groups is 1. The highest BCUT2D eigenvalue weighted by molar-refractivity contribution is 6.63. The highest BCUT2D eigenvalue weighted by atomic mass is 16.7. The number of likely N-dealkylation sites (N-methyl/N-ethyl adjacent to an activating group) is 1. The number of hydrogen-bond donors (Lipinski definition) is 0. The number of hydrogen-bond acceptors (Lipinski definition) is 6. The van der Waals surface area contributed by atoms with Gasteiger partial charge in [0, 0.05) is 14.1 Å². The molecular formula is C20H36BN3O5. The van der Waals surface area contributed by atoms with Gasteiger partial charge in [-0.1, -0.05) is 0 Å². The minimum absolute atomic E-state index is 0.231. The van der Waals surface area contributed by atoms with E-state index in [0.717, 1.165) is 5.46 Å². The first-order valence-corrected chi connectivity index (χ1v) is 10.1. The molecule has 0 aromatic carbocycles. The molecule has 1 aromatic rings. The molecule has 1 amide bonds. The fourth-order valence-electron chi connectivity index (χ4n) is 2.81. The molecule has 29 heavy (non-hydrogen) atoms. The normalized spacial score (nSPS) is 20.3. The predicted octanol–water partition coefficient (Wildman–Crippen LogP) is 2.74. The maximum Gasteiger partial charge on any atom is 0.502 e. The molecule has 8 nitrogen and oxygen atoms in total. The van der Waals surface area contributed by atoms with E-state index in [9.17, 15) is 4.79 Å². The summed E-state index contributed by atoms with van der Waals surface area (Å²) < 4.78 is 25.6. The van der Waals surface area contributed by atoms with Crippen molar-refractivity contribution in [2.75, 3.05) is 7.05 Å². The first-order valence-electron chi connectivity index (χ1n) is 10.1. The minimum atomic E-state index is -0.574. The van der Waals surface area contributed by atoms with Crippen LogP contribution in [0.3, 0.4) is 0 Å². The summed E-state index contributed by atoms with van der Waals surface area (Å²) in [5.74, 6) is 0.556. The molecule has 1 aliphatic rings. The monoisotopic (exact) mass is 409 g/mol. The van der Waals surface area contributed by atoms with Crippen LogP contribution in [0.1, 0.15) is 62.3 Å². The van der Waals surface area contributed by atoms with Gasteiger partial charge in [0.25, 0.3) is 0 Å². The number of aryl methyl sites for hydroxylation is 1. The van der Waals surface area contributed by atoms with E-state index in [1.165, 1.54) is 0 Å². The molecule has 2 heterocycles. The lowest BCUT2D eigenvalue weighted by molar-refractivity contribution is 0.00578. The summed E-state index contributed by atoms with van der Waals surface area (Å²) >= 11 is 0. The summed E-state index contributed by atoms with van der Waals surface area (Å²) in [6, 6.07) is -0.231. The summed E-state index contributed by atoms with van der Waals surface area (Å²) in [4.78, 5) is 13.9. The van der Waals surface area contributed by atoms with Crippen molar-refractivity contribution >= 4 is 18.7 Å². The van der Waals surface area contributed by atoms with Gasteiger partial charge in [0.05, 0.1) is 28.9 Å². The number of carbonyl (C=O) groups excluding carboxylic acids is 1. The van der Waals surface area contributed by atoms with Gasteiger partial charge in [-0.3, -0.25) is 0 Å². The molecule has 2 atom stereocenters. The molecule has 1 unspecified atom stereocenters. The van der Waals surface area contributed by atoms with Crippen LogP contribution in [0.25, 0.3) is 0 Å². The van der Waals surface area contributed by atoms with E-state index in [1.54, 1.807) is 29.9 Å². The van der Waals surface area contributed by atoms with Crippen molar-refractivity contribution in [3.63, 3.8) is 0 Å². The van der Waals surface area contributed by atoms with Crippen LogP contribution in [0.4, 0.5) is 4.79 Å². The molecule has 0 radical (unpaired) electrons. The second-order valence-electron chi connectivity index (χ2n) is 9.77. The van der Waals surface area contributed by atoms with E-state index in [-0.39, 0.29) is 12.1 Å². The lowest BCUT2D eigenvalue weighted by atomic mass is 9.81. The number of nitrogens with zero attached hydrogens (tertiary/aromatic N) is 3. The van der Waals surface area contributed by atoms with Crippen LogP contribution in [-0.2, 0) is 21.1 Å². The number of aromatic nitrogens is 2. The van der Waals surface area contributed by atoms with Crippen LogP contribution in [0.2, 0.25) is 0 Å². The highest BCUT2D eigenvalue weighted by Crippen LogP contribution is 2.37. The van der Waals surface area contributed by atoms with E-state index in [1.807, 2.05) is 62.3 Å². The molecule has 9 heteroatoms. The molecule has 0 N–H and O–H groups in total. The molecule has 2 rings (SSSR count). The Hall–Kier alpha value is -1.74. The summed E-state index contributed by atoms with van der Waals surface area (Å²) in [7, 11) is 2.94. The Kier molecular flexibility index (Phi) is 6.36. The zero-order valence-corrected chi connectivity index (χ0v) is 19.7. The number of rotatable bonds is 5. The smallest absolute Gasteiger partial charge is 0.473 e. The molecular weight excluding hydrogens is 373 g/mol. The summed E-state index contributed by atoms with van der Waals surface area (Å²) in [6.45, 7) is 17.4. The zero-order chi connectivity index (χ0) is 22.4. The lowest BCUT2D eigenvalue weighted by Gasteiger charge is -2.32. The van der Waals surface area contributed by atoms with Crippen LogP contribution >= 0.6 is 0 Å². The maximum absolute atomic E-state index is 12.4. The molecule has 1 fully saturated rings. The molecule has 1 aromatic heterocycles. The average Bonchev–Trinajstić information content (AvgIpc) is 3.01. The van der Waals surface area contributed by atoms with Crippen LogP contribution in [0, 0.1) is 0 Å². The van der Waals surface area contributed by atoms with Crippen LogP contribution in [0.15, 0.2) is 6.20 Å². The summed E-state index contributed by atoms with van der Waals surface area (Å²) in [6.07, 6.45) is 0.993. The van der Waals surface area contributed by atoms with Gasteiger partial charge in [-0.15, -0.1) is 0 Å². The number of ether oxygens (including phenoxy) is 2. The second kappa shape index (κ2) is 7.83. The van der Waals surface area contributed by atoms with Crippen molar-refractivity contribution < 1.29 is 23.6 Å². The van der Waals surface area contributed by atoms with Gasteiger partial charge in [0.2, 0.25) is 5.88 Å². The van der Waals surface area contributed by atoms with E-state index in [2.05, 4.69) is 5.10 Å². The maximum atomic E-state index is 12.4. The first-order chi connectivity index (χ1) is 13.1. The van der Waals surface area contributed by atoms with Crippen molar-refractivity contribution in [2.45, 2.75) is 91.3 Å². The molecule has 1 saturated heterocycles. The van der Waals surface area contributed by atoms with Crippen LogP contribution in [0.5, 0.6) is 5.88 Å². The van der Waals surface area contributed by atoms with Crippen molar-refractivity contribution in [1.82, 2.24) is 14.7 Å². The Bertz CT molecular complexity index is 725. The molecule has 0 saturated carbocycles. The van der Waals surface area contributed by atoms with Gasteiger partial charge in [-0.05, 0) is 62.3 Å². The Labute approximate surface area is 175 Å². The van der Waals surface area contributed by atoms with Crippen molar-refractivity contribution in [2.24, 2.45) is 7.05 Å². The molecule has 0 bridgehead atoms. The van der Waals surface area contributed by atoms with Crippen molar-refractivity contribution in [3.8, 4) is 5.88 Å². The van der Waals surface area contributed by atoms with Gasteiger partial charge in [-0.25, -0.2) is 9.48 Å². The molecule has 0 aliphatic carbocycles. The van der Waals surface area contributed by atoms with Gasteiger partial charge >= 0.3 is 13.2 Å². The van der Waals surface area contributed by atoms with Gasteiger partial charge in [0.1, 0.15) is 11.7 Å². The zero-order valence-electron chi connectivity index (χ0n) is 19.7. The molecule has 1 aliphatic heterocycles. The molecule has 164 valence electrons. The standard InChI is InChI=1S/C20H36BN3O5/c1-13(23(10)17(25)27-18(3,4)5)14(2)26-16-15(12-22-24(16)11)21-28-19(6,7)20(8,9)29-21/h12-14H,1-11H3/t13-,14?/m1/s1. The lowest BCUT2D eigenvalue weighted by Crippen LogP contribution is -2.46. The third-order valence-electron chi connectivity index (χ3n) is 5.69. The second-order valence-corrected chi connectivity index (χ2v) is 9.77.